The highest BCUT2D eigenvalue weighted by atomic mass is 16.5. The Morgan fingerprint density at radius 2 is 2.16 bits per heavy atom. The minimum atomic E-state index is -0.797. The number of carbonyl (C=O) groups excluding carboxylic acids is 1. The van der Waals surface area contributed by atoms with Gasteiger partial charge in [0.1, 0.15) is 0 Å². The van der Waals surface area contributed by atoms with Crippen LogP contribution in [0.2, 0.25) is 0 Å². The van der Waals surface area contributed by atoms with Crippen molar-refractivity contribution in [2.24, 2.45) is 5.92 Å². The van der Waals surface area contributed by atoms with E-state index in [1.165, 1.54) is 13.2 Å². The third kappa shape index (κ3) is 2.49. The van der Waals surface area contributed by atoms with Gasteiger partial charge in [0, 0.05) is 12.6 Å². The Kier molecular flexibility index (Phi) is 3.64. The molecule has 19 heavy (non-hydrogen) atoms. The fourth-order valence-corrected chi connectivity index (χ4v) is 2.29. The van der Waals surface area contributed by atoms with E-state index in [0.717, 1.165) is 0 Å². The molecule has 7 heteroatoms. The van der Waals surface area contributed by atoms with E-state index in [4.69, 9.17) is 5.11 Å². The van der Waals surface area contributed by atoms with Crippen molar-refractivity contribution in [2.45, 2.75) is 19.4 Å². The summed E-state index contributed by atoms with van der Waals surface area (Å²) in [5.41, 5.74) is 0.132. The van der Waals surface area contributed by atoms with Gasteiger partial charge in [-0.3, -0.25) is 4.79 Å². The van der Waals surface area contributed by atoms with E-state index < -0.39 is 17.9 Å². The van der Waals surface area contributed by atoms with Crippen molar-refractivity contribution in [1.29, 1.82) is 0 Å². The zero-order valence-electron chi connectivity index (χ0n) is 10.7. The van der Waals surface area contributed by atoms with Crippen LogP contribution in [0.3, 0.4) is 0 Å². The Morgan fingerprint density at radius 1 is 1.42 bits per heavy atom. The molecular weight excluding hydrogens is 250 g/mol. The molecule has 0 amide bonds. The number of rotatable bonds is 3. The maximum absolute atomic E-state index is 11.2. The standard InChI is InChI=1S/C12H15N3O4/c1-7-8(11(16)17)5-6-15(7)10-4-3-9(13-14-10)12(18)19-2/h3-4,7-8H,5-6H2,1-2H3,(H,16,17). The zero-order chi connectivity index (χ0) is 14.0. The second-order valence-electron chi connectivity index (χ2n) is 4.44. The predicted molar refractivity (Wildman–Crippen MR) is 65.9 cm³/mol. The molecule has 0 bridgehead atoms. The van der Waals surface area contributed by atoms with E-state index in [-0.39, 0.29) is 11.7 Å². The van der Waals surface area contributed by atoms with Gasteiger partial charge in [-0.05, 0) is 25.5 Å². The average Bonchev–Trinajstić information content (AvgIpc) is 2.80. The first-order valence-electron chi connectivity index (χ1n) is 5.96. The number of ether oxygens (including phenoxy) is 1. The number of esters is 1. The molecule has 0 radical (unpaired) electrons. The SMILES string of the molecule is COC(=O)c1ccc(N2CCC(C(=O)O)C2C)nn1. The molecule has 0 aromatic carbocycles. The Bertz CT molecular complexity index is 488. The van der Waals surface area contributed by atoms with Crippen molar-refractivity contribution in [3.05, 3.63) is 17.8 Å². The highest BCUT2D eigenvalue weighted by molar-refractivity contribution is 5.87. The molecule has 1 N–H and O–H groups in total. The van der Waals surface area contributed by atoms with Gasteiger partial charge < -0.3 is 14.7 Å². The number of aromatic nitrogens is 2. The van der Waals surface area contributed by atoms with Crippen molar-refractivity contribution in [3.63, 3.8) is 0 Å². The van der Waals surface area contributed by atoms with Crippen LogP contribution in [-0.4, -0.2) is 46.9 Å². The predicted octanol–water partition coefficient (Wildman–Crippen LogP) is 0.563. The van der Waals surface area contributed by atoms with Crippen molar-refractivity contribution in [2.75, 3.05) is 18.6 Å². The lowest BCUT2D eigenvalue weighted by atomic mass is 10.0. The fourth-order valence-electron chi connectivity index (χ4n) is 2.29. The second-order valence-corrected chi connectivity index (χ2v) is 4.44. The van der Waals surface area contributed by atoms with Crippen molar-refractivity contribution in [3.8, 4) is 0 Å². The summed E-state index contributed by atoms with van der Waals surface area (Å²) < 4.78 is 4.54. The van der Waals surface area contributed by atoms with Crippen LogP contribution in [0.4, 0.5) is 5.82 Å². The summed E-state index contributed by atoms with van der Waals surface area (Å²) in [6.07, 6.45) is 0.580. The topological polar surface area (TPSA) is 92.6 Å². The Morgan fingerprint density at radius 3 is 2.63 bits per heavy atom. The molecule has 2 heterocycles. The van der Waals surface area contributed by atoms with Gasteiger partial charge >= 0.3 is 11.9 Å². The van der Waals surface area contributed by atoms with Crippen molar-refractivity contribution in [1.82, 2.24) is 10.2 Å². The molecule has 0 aliphatic carbocycles. The monoisotopic (exact) mass is 265 g/mol. The lowest BCUT2D eigenvalue weighted by molar-refractivity contribution is -0.141. The van der Waals surface area contributed by atoms with Crippen LogP contribution in [0.5, 0.6) is 0 Å². The molecule has 102 valence electrons. The number of anilines is 1. The van der Waals surface area contributed by atoms with Gasteiger partial charge in [-0.2, -0.15) is 0 Å². The Hall–Kier alpha value is -2.18. The van der Waals surface area contributed by atoms with Crippen LogP contribution < -0.4 is 4.90 Å². The minimum absolute atomic E-state index is 0.132. The van der Waals surface area contributed by atoms with Crippen molar-refractivity contribution >= 4 is 17.8 Å². The number of hydrogen-bond acceptors (Lipinski definition) is 6. The summed E-state index contributed by atoms with van der Waals surface area (Å²) in [7, 11) is 1.28. The van der Waals surface area contributed by atoms with E-state index in [2.05, 4.69) is 14.9 Å². The van der Waals surface area contributed by atoms with Crippen LogP contribution in [0.15, 0.2) is 12.1 Å². The Labute approximate surface area is 110 Å². The fraction of sp³-hybridized carbons (Fsp3) is 0.500. The van der Waals surface area contributed by atoms with Gasteiger partial charge in [0.25, 0.3) is 0 Å². The lowest BCUT2D eigenvalue weighted by Crippen LogP contribution is -2.33. The molecule has 0 spiro atoms. The van der Waals surface area contributed by atoms with E-state index in [1.807, 2.05) is 11.8 Å². The lowest BCUT2D eigenvalue weighted by Gasteiger charge is -2.23. The average molecular weight is 265 g/mol. The molecule has 1 aromatic rings. The largest absolute Gasteiger partial charge is 0.481 e. The number of nitrogens with zero attached hydrogens (tertiary/aromatic N) is 3. The van der Waals surface area contributed by atoms with Gasteiger partial charge in [0.05, 0.1) is 13.0 Å². The summed E-state index contributed by atoms with van der Waals surface area (Å²) >= 11 is 0. The molecule has 1 aliphatic rings. The van der Waals surface area contributed by atoms with Crippen LogP contribution in [-0.2, 0) is 9.53 Å². The van der Waals surface area contributed by atoms with Crippen LogP contribution in [0.1, 0.15) is 23.8 Å². The number of carbonyl (C=O) groups is 2. The number of methoxy groups -OCH3 is 1. The van der Waals surface area contributed by atoms with Crippen LogP contribution in [0.25, 0.3) is 0 Å². The molecule has 1 aliphatic heterocycles. The van der Waals surface area contributed by atoms with Crippen LogP contribution in [0, 0.1) is 5.92 Å². The molecule has 1 saturated heterocycles. The van der Waals surface area contributed by atoms with E-state index >= 15 is 0 Å². The maximum Gasteiger partial charge on any atom is 0.358 e. The van der Waals surface area contributed by atoms with E-state index in [1.54, 1.807) is 6.07 Å². The molecule has 2 atom stereocenters. The first-order chi connectivity index (χ1) is 9.04. The van der Waals surface area contributed by atoms with Gasteiger partial charge in [0.15, 0.2) is 11.5 Å². The summed E-state index contributed by atoms with van der Waals surface area (Å²) in [4.78, 5) is 24.2. The third-order valence-corrected chi connectivity index (χ3v) is 3.41. The van der Waals surface area contributed by atoms with Gasteiger partial charge in [-0.1, -0.05) is 0 Å². The normalized spacial score (nSPS) is 22.3. The van der Waals surface area contributed by atoms with E-state index in [0.29, 0.717) is 18.8 Å². The van der Waals surface area contributed by atoms with Gasteiger partial charge in [0.2, 0.25) is 0 Å². The van der Waals surface area contributed by atoms with Crippen LogP contribution >= 0.6 is 0 Å². The van der Waals surface area contributed by atoms with Gasteiger partial charge in [-0.25, -0.2) is 4.79 Å². The molecule has 2 rings (SSSR count). The second kappa shape index (κ2) is 5.21. The third-order valence-electron chi connectivity index (χ3n) is 3.41. The molecular formula is C12H15N3O4. The quantitative estimate of drug-likeness (QED) is 0.798. The first-order valence-corrected chi connectivity index (χ1v) is 5.96. The highest BCUT2D eigenvalue weighted by Gasteiger charge is 2.36. The molecule has 1 aromatic heterocycles. The zero-order valence-corrected chi connectivity index (χ0v) is 10.7. The minimum Gasteiger partial charge on any atom is -0.481 e. The number of carboxylic acids is 1. The summed E-state index contributed by atoms with van der Waals surface area (Å²) in [6.45, 7) is 2.46. The van der Waals surface area contributed by atoms with E-state index in [9.17, 15) is 9.59 Å². The molecule has 7 nitrogen and oxygen atoms in total. The number of hydrogen-bond donors (Lipinski definition) is 1. The number of aliphatic carboxylic acids is 1. The molecule has 0 saturated carbocycles. The van der Waals surface area contributed by atoms with Gasteiger partial charge in [-0.15, -0.1) is 10.2 Å². The summed E-state index contributed by atoms with van der Waals surface area (Å²) in [5, 5.41) is 16.8. The maximum atomic E-state index is 11.2. The summed E-state index contributed by atoms with van der Waals surface area (Å²) in [6, 6.07) is 3.03. The molecule has 1 fully saturated rings. The molecule has 2 unspecified atom stereocenters. The van der Waals surface area contributed by atoms with Crippen molar-refractivity contribution < 1.29 is 19.4 Å². The first kappa shape index (κ1) is 13.3. The smallest absolute Gasteiger partial charge is 0.358 e. The Balaban J connectivity index is 2.15. The highest BCUT2D eigenvalue weighted by Crippen LogP contribution is 2.28. The number of carboxylic acid groups (broad SMARTS) is 1. The summed E-state index contributed by atoms with van der Waals surface area (Å²) in [5.74, 6) is -1.17.